The second-order valence-electron chi connectivity index (χ2n) is 15.6. The number of fused-ring (bicyclic) bond motifs is 5. The van der Waals surface area contributed by atoms with E-state index in [1.165, 1.54) is 70.6 Å². The van der Waals surface area contributed by atoms with E-state index in [0.717, 1.165) is 53.4 Å². The van der Waals surface area contributed by atoms with Crippen molar-refractivity contribution in [2.75, 3.05) is 18.6 Å². The number of methoxy groups -OCH3 is 1. The largest absolute Gasteiger partial charge is 0.399 e. The van der Waals surface area contributed by atoms with Gasteiger partial charge in [0.25, 0.3) is 0 Å². The highest BCUT2D eigenvalue weighted by molar-refractivity contribution is 5.54. The molecular formula is C36H60N2O2. The van der Waals surface area contributed by atoms with Crippen molar-refractivity contribution in [3.05, 3.63) is 23.8 Å². The van der Waals surface area contributed by atoms with Crippen molar-refractivity contribution in [3.8, 4) is 0 Å². The minimum Gasteiger partial charge on any atom is -0.399 e. The second kappa shape index (κ2) is 12.2. The van der Waals surface area contributed by atoms with Gasteiger partial charge in [-0.3, -0.25) is 0 Å². The molecule has 0 bridgehead atoms. The summed E-state index contributed by atoms with van der Waals surface area (Å²) in [6, 6.07) is 5.78. The van der Waals surface area contributed by atoms with Crippen molar-refractivity contribution in [1.82, 2.24) is 0 Å². The SMILES string of the molecule is COC(Cc1cc(N)cc(N)c1)OC1CCC2(C)C(CCC3C2CCC2(C)C(C(C)CCCC(C)C)CCC32)C1. The Morgan fingerprint density at radius 2 is 1.55 bits per heavy atom. The van der Waals surface area contributed by atoms with Gasteiger partial charge in [-0.25, -0.2) is 0 Å². The first-order chi connectivity index (χ1) is 19.0. The third kappa shape index (κ3) is 5.96. The molecule has 4 N–H and O–H groups in total. The first kappa shape index (κ1) is 30.2. The lowest BCUT2D eigenvalue weighted by Crippen LogP contribution is -2.54. The lowest BCUT2D eigenvalue weighted by molar-refractivity contribution is -0.190. The Labute approximate surface area is 245 Å². The Morgan fingerprint density at radius 1 is 0.850 bits per heavy atom. The number of nitrogens with two attached hydrogens (primary N) is 2. The van der Waals surface area contributed by atoms with Crippen molar-refractivity contribution in [3.63, 3.8) is 0 Å². The zero-order valence-corrected chi connectivity index (χ0v) is 26.6. The Hall–Kier alpha value is -1.26. The molecule has 4 nitrogen and oxygen atoms in total. The van der Waals surface area contributed by atoms with Crippen LogP contribution in [0.1, 0.15) is 117 Å². The maximum Gasteiger partial charge on any atom is 0.161 e. The van der Waals surface area contributed by atoms with Crippen molar-refractivity contribution < 1.29 is 9.47 Å². The van der Waals surface area contributed by atoms with Crippen LogP contribution in [0.2, 0.25) is 0 Å². The molecule has 1 aromatic rings. The molecule has 40 heavy (non-hydrogen) atoms. The van der Waals surface area contributed by atoms with Gasteiger partial charge in [0.05, 0.1) is 6.10 Å². The van der Waals surface area contributed by atoms with Gasteiger partial charge < -0.3 is 20.9 Å². The van der Waals surface area contributed by atoms with Gasteiger partial charge in [-0.15, -0.1) is 0 Å². The molecule has 5 rings (SSSR count). The Morgan fingerprint density at radius 3 is 2.25 bits per heavy atom. The smallest absolute Gasteiger partial charge is 0.161 e. The molecule has 4 aliphatic rings. The Bertz CT molecular complexity index is 975. The van der Waals surface area contributed by atoms with Gasteiger partial charge in [0.2, 0.25) is 0 Å². The van der Waals surface area contributed by atoms with E-state index in [0.29, 0.717) is 28.6 Å². The zero-order chi connectivity index (χ0) is 28.7. The number of hydrogen-bond donors (Lipinski definition) is 2. The summed E-state index contributed by atoms with van der Waals surface area (Å²) in [5.74, 6) is 6.28. The van der Waals surface area contributed by atoms with E-state index < -0.39 is 0 Å². The molecule has 10 atom stereocenters. The van der Waals surface area contributed by atoms with E-state index in [9.17, 15) is 0 Å². The molecule has 0 aromatic heterocycles. The molecule has 4 heteroatoms. The third-order valence-electron chi connectivity index (χ3n) is 12.9. The standard InChI is InChI=1S/C36H60N2O2/c1-23(2)8-7-9-24(3)31-12-13-32-30-11-10-26-21-29(14-16-35(26,4)33(30)15-17-36(31,32)5)40-34(39-6)20-25-18-27(37)22-28(38)19-25/h18-19,22-24,26,29-34H,7-17,20-21,37-38H2,1-6H3. The summed E-state index contributed by atoms with van der Waals surface area (Å²) in [6.45, 7) is 12.8. The van der Waals surface area contributed by atoms with E-state index in [2.05, 4.69) is 34.6 Å². The number of benzene rings is 1. The van der Waals surface area contributed by atoms with E-state index in [1.807, 2.05) is 12.1 Å². The van der Waals surface area contributed by atoms with Crippen LogP contribution in [0.5, 0.6) is 0 Å². The molecule has 0 radical (unpaired) electrons. The maximum atomic E-state index is 6.62. The number of hydrogen-bond acceptors (Lipinski definition) is 4. The van der Waals surface area contributed by atoms with Crippen LogP contribution < -0.4 is 11.5 Å². The van der Waals surface area contributed by atoms with Gasteiger partial charge in [-0.2, -0.15) is 0 Å². The number of nitrogen functional groups attached to an aromatic ring is 2. The summed E-state index contributed by atoms with van der Waals surface area (Å²) in [5.41, 5.74) is 15.6. The highest BCUT2D eigenvalue weighted by Crippen LogP contribution is 2.68. The average molecular weight is 553 g/mol. The van der Waals surface area contributed by atoms with Gasteiger partial charge in [0.1, 0.15) is 0 Å². The molecule has 1 aromatic carbocycles. The molecule has 4 saturated carbocycles. The highest BCUT2D eigenvalue weighted by Gasteiger charge is 2.60. The quantitative estimate of drug-likeness (QED) is 0.225. The monoisotopic (exact) mass is 552 g/mol. The lowest BCUT2D eigenvalue weighted by Gasteiger charge is -2.61. The topological polar surface area (TPSA) is 70.5 Å². The first-order valence-electron chi connectivity index (χ1n) is 16.9. The van der Waals surface area contributed by atoms with Crippen LogP contribution in [0, 0.1) is 52.3 Å². The van der Waals surface area contributed by atoms with Crippen molar-refractivity contribution in [2.24, 2.45) is 52.3 Å². The fourth-order valence-electron chi connectivity index (χ4n) is 10.8. The highest BCUT2D eigenvalue weighted by atomic mass is 16.7. The predicted molar refractivity (Wildman–Crippen MR) is 168 cm³/mol. The minimum absolute atomic E-state index is 0.250. The van der Waals surface area contributed by atoms with Crippen molar-refractivity contribution in [2.45, 2.75) is 130 Å². The molecule has 0 spiro atoms. The number of rotatable bonds is 10. The minimum atomic E-state index is -0.250. The molecular weight excluding hydrogens is 492 g/mol. The van der Waals surface area contributed by atoms with Gasteiger partial charge in [-0.1, -0.05) is 53.9 Å². The third-order valence-corrected chi connectivity index (χ3v) is 12.9. The molecule has 226 valence electrons. The van der Waals surface area contributed by atoms with Crippen molar-refractivity contribution in [1.29, 1.82) is 0 Å². The van der Waals surface area contributed by atoms with Gasteiger partial charge in [0, 0.05) is 24.9 Å². The van der Waals surface area contributed by atoms with E-state index >= 15 is 0 Å². The number of ether oxygens (including phenoxy) is 2. The molecule has 10 unspecified atom stereocenters. The van der Waals surface area contributed by atoms with Crippen LogP contribution in [0.3, 0.4) is 0 Å². The summed E-state index contributed by atoms with van der Waals surface area (Å²) in [5, 5.41) is 0. The summed E-state index contributed by atoms with van der Waals surface area (Å²) in [7, 11) is 1.76. The average Bonchev–Trinajstić information content (AvgIpc) is 3.25. The first-order valence-corrected chi connectivity index (χ1v) is 16.9. The van der Waals surface area contributed by atoms with E-state index in [4.69, 9.17) is 20.9 Å². The fraction of sp³-hybridized carbons (Fsp3) is 0.833. The van der Waals surface area contributed by atoms with Crippen LogP contribution in [-0.4, -0.2) is 19.5 Å². The second-order valence-corrected chi connectivity index (χ2v) is 15.6. The number of anilines is 2. The lowest BCUT2D eigenvalue weighted by atomic mass is 9.44. The molecule has 0 heterocycles. The Balaban J connectivity index is 1.20. The van der Waals surface area contributed by atoms with Crippen molar-refractivity contribution >= 4 is 11.4 Å². The summed E-state index contributed by atoms with van der Waals surface area (Å²) in [6.07, 6.45) is 17.4. The van der Waals surface area contributed by atoms with Gasteiger partial charge in [0.15, 0.2) is 6.29 Å². The zero-order valence-electron chi connectivity index (χ0n) is 26.6. The Kier molecular flexibility index (Phi) is 9.18. The maximum absolute atomic E-state index is 6.62. The molecule has 0 aliphatic heterocycles. The van der Waals surface area contributed by atoms with Crippen LogP contribution in [0.15, 0.2) is 18.2 Å². The van der Waals surface area contributed by atoms with Crippen LogP contribution in [0.25, 0.3) is 0 Å². The summed E-state index contributed by atoms with van der Waals surface area (Å²) < 4.78 is 12.4. The van der Waals surface area contributed by atoms with E-state index in [1.54, 1.807) is 13.2 Å². The van der Waals surface area contributed by atoms with Crippen LogP contribution in [0.4, 0.5) is 11.4 Å². The molecule has 4 aliphatic carbocycles. The summed E-state index contributed by atoms with van der Waals surface area (Å²) >= 11 is 0. The van der Waals surface area contributed by atoms with Gasteiger partial charge >= 0.3 is 0 Å². The normalized spacial score (nSPS) is 38.9. The molecule has 0 amide bonds. The van der Waals surface area contributed by atoms with Crippen LogP contribution in [-0.2, 0) is 15.9 Å². The molecule has 0 saturated heterocycles. The van der Waals surface area contributed by atoms with E-state index in [-0.39, 0.29) is 12.4 Å². The fourth-order valence-corrected chi connectivity index (χ4v) is 10.8. The predicted octanol–water partition coefficient (Wildman–Crippen LogP) is 8.87. The molecule has 4 fully saturated rings. The van der Waals surface area contributed by atoms with Crippen LogP contribution >= 0.6 is 0 Å². The van der Waals surface area contributed by atoms with Gasteiger partial charge in [-0.05, 0) is 134 Å². The summed E-state index contributed by atoms with van der Waals surface area (Å²) in [4.78, 5) is 0.